The molecule has 188 valence electrons. The Morgan fingerprint density at radius 2 is 1.91 bits per heavy atom. The van der Waals surface area contributed by atoms with Gasteiger partial charge >= 0.3 is 0 Å². The number of nitrogens with zero attached hydrogens (tertiary/aromatic N) is 3. The molecular formula is C24H30N4O5S2. The van der Waals surface area contributed by atoms with Gasteiger partial charge in [0.15, 0.2) is 5.17 Å². The van der Waals surface area contributed by atoms with Crippen LogP contribution in [0.5, 0.6) is 5.75 Å². The van der Waals surface area contributed by atoms with Gasteiger partial charge in [0, 0.05) is 27.1 Å². The van der Waals surface area contributed by atoms with Gasteiger partial charge in [-0.15, -0.1) is 0 Å². The number of carbonyl (C=O) groups excluding carboxylic acids is 2. The van der Waals surface area contributed by atoms with Crippen molar-refractivity contribution in [3.8, 4) is 5.75 Å². The van der Waals surface area contributed by atoms with Gasteiger partial charge in [0.05, 0.1) is 23.4 Å². The molecule has 0 bridgehead atoms. The SMILES string of the molecule is COc1ccccc1NC(=O)CC1SC(=Nc2cccc(S(=O)(=O)N(C)C)c2)N(CC(C)C)C1=O. The number of hydrogen-bond donors (Lipinski definition) is 1. The average Bonchev–Trinajstić information content (AvgIpc) is 3.07. The van der Waals surface area contributed by atoms with Crippen LogP contribution in [-0.4, -0.2) is 67.6 Å². The molecule has 0 radical (unpaired) electrons. The molecule has 0 aliphatic carbocycles. The largest absolute Gasteiger partial charge is 0.495 e. The van der Waals surface area contributed by atoms with Crippen LogP contribution in [-0.2, 0) is 19.6 Å². The van der Waals surface area contributed by atoms with Gasteiger partial charge < -0.3 is 10.1 Å². The predicted octanol–water partition coefficient (Wildman–Crippen LogP) is 3.56. The molecule has 0 saturated carbocycles. The van der Waals surface area contributed by atoms with E-state index in [0.717, 1.165) is 4.31 Å². The zero-order valence-electron chi connectivity index (χ0n) is 20.4. The first kappa shape index (κ1) is 26.7. The molecule has 1 saturated heterocycles. The number of amides is 2. The van der Waals surface area contributed by atoms with Crippen LogP contribution < -0.4 is 10.1 Å². The number of anilines is 1. The van der Waals surface area contributed by atoms with Crippen molar-refractivity contribution in [1.82, 2.24) is 9.21 Å². The summed E-state index contributed by atoms with van der Waals surface area (Å²) in [5.41, 5.74) is 0.943. The fourth-order valence-corrected chi connectivity index (χ4v) is 5.52. The second kappa shape index (κ2) is 11.2. The van der Waals surface area contributed by atoms with Crippen molar-refractivity contribution in [2.45, 2.75) is 30.4 Å². The number of aliphatic imine (C=N–C) groups is 1. The fourth-order valence-electron chi connectivity index (χ4n) is 3.41. The van der Waals surface area contributed by atoms with Gasteiger partial charge in [0.25, 0.3) is 0 Å². The van der Waals surface area contributed by atoms with Gasteiger partial charge in [-0.05, 0) is 36.2 Å². The molecule has 0 aromatic heterocycles. The van der Waals surface area contributed by atoms with Crippen molar-refractivity contribution in [3.05, 3.63) is 48.5 Å². The number of ether oxygens (including phenoxy) is 1. The van der Waals surface area contributed by atoms with Crippen LogP contribution in [0.1, 0.15) is 20.3 Å². The minimum atomic E-state index is -3.62. The van der Waals surface area contributed by atoms with E-state index in [0.29, 0.717) is 28.8 Å². The average molecular weight is 519 g/mol. The molecule has 11 heteroatoms. The molecule has 2 amide bonds. The Hall–Kier alpha value is -2.89. The molecule has 2 aromatic rings. The van der Waals surface area contributed by atoms with Gasteiger partial charge in [-0.3, -0.25) is 14.5 Å². The number of sulfonamides is 1. The Bertz CT molecular complexity index is 1230. The van der Waals surface area contributed by atoms with Crippen LogP contribution in [0.4, 0.5) is 11.4 Å². The van der Waals surface area contributed by atoms with Gasteiger partial charge in [-0.2, -0.15) is 0 Å². The van der Waals surface area contributed by atoms with Crippen LogP contribution in [0.15, 0.2) is 58.4 Å². The quantitative estimate of drug-likeness (QED) is 0.544. The van der Waals surface area contributed by atoms with E-state index in [4.69, 9.17) is 4.74 Å². The predicted molar refractivity (Wildman–Crippen MR) is 139 cm³/mol. The molecule has 1 fully saturated rings. The summed E-state index contributed by atoms with van der Waals surface area (Å²) in [5.74, 6) is 0.189. The first-order chi connectivity index (χ1) is 16.5. The number of carbonyl (C=O) groups is 2. The molecule has 1 aliphatic rings. The summed E-state index contributed by atoms with van der Waals surface area (Å²) in [6, 6.07) is 13.3. The molecule has 2 aromatic carbocycles. The van der Waals surface area contributed by atoms with Crippen molar-refractivity contribution >= 4 is 50.1 Å². The summed E-state index contributed by atoms with van der Waals surface area (Å²) in [6.07, 6.45) is -0.0375. The highest BCUT2D eigenvalue weighted by Crippen LogP contribution is 2.33. The Balaban J connectivity index is 1.84. The summed E-state index contributed by atoms with van der Waals surface area (Å²) in [4.78, 5) is 32.2. The molecule has 1 heterocycles. The lowest BCUT2D eigenvalue weighted by atomic mass is 10.2. The first-order valence-corrected chi connectivity index (χ1v) is 13.4. The number of nitrogens with one attached hydrogen (secondary N) is 1. The minimum absolute atomic E-state index is 0.0375. The second-order valence-corrected chi connectivity index (χ2v) is 11.9. The Kier molecular flexibility index (Phi) is 8.57. The number of hydrogen-bond acceptors (Lipinski definition) is 7. The molecule has 1 atom stereocenters. The third-order valence-corrected chi connectivity index (χ3v) is 8.13. The number of benzene rings is 2. The van der Waals surface area contributed by atoms with E-state index in [1.807, 2.05) is 13.8 Å². The molecule has 3 rings (SSSR count). The molecule has 1 N–H and O–H groups in total. The highest BCUT2D eigenvalue weighted by Gasteiger charge is 2.39. The second-order valence-electron chi connectivity index (χ2n) is 8.58. The van der Waals surface area contributed by atoms with Crippen molar-refractivity contribution in [2.24, 2.45) is 10.9 Å². The molecule has 0 spiro atoms. The monoisotopic (exact) mass is 518 g/mol. The number of methoxy groups -OCH3 is 1. The van der Waals surface area contributed by atoms with Gasteiger partial charge in [-0.25, -0.2) is 17.7 Å². The Morgan fingerprint density at radius 1 is 1.20 bits per heavy atom. The smallest absolute Gasteiger partial charge is 0.242 e. The van der Waals surface area contributed by atoms with Crippen LogP contribution in [0.25, 0.3) is 0 Å². The van der Waals surface area contributed by atoms with E-state index in [9.17, 15) is 18.0 Å². The summed E-state index contributed by atoms with van der Waals surface area (Å²) < 4.78 is 31.4. The lowest BCUT2D eigenvalue weighted by Crippen LogP contribution is -2.36. The van der Waals surface area contributed by atoms with Gasteiger partial charge in [-0.1, -0.05) is 43.8 Å². The Morgan fingerprint density at radius 3 is 2.57 bits per heavy atom. The Labute approximate surface area is 210 Å². The van der Waals surface area contributed by atoms with Gasteiger partial charge in [0.2, 0.25) is 21.8 Å². The standard InChI is InChI=1S/C24H30N4O5S2/c1-16(2)15-28-23(30)21(14-22(29)26-19-11-6-7-12-20(19)33-5)34-24(28)25-17-9-8-10-18(13-17)35(31,32)27(3)4/h6-13,16,21H,14-15H2,1-5H3,(H,26,29). The lowest BCUT2D eigenvalue weighted by Gasteiger charge is -2.19. The summed E-state index contributed by atoms with van der Waals surface area (Å²) >= 11 is 1.21. The lowest BCUT2D eigenvalue weighted by molar-refractivity contribution is -0.128. The maximum atomic E-state index is 13.2. The van der Waals surface area contributed by atoms with Crippen molar-refractivity contribution in [2.75, 3.05) is 33.1 Å². The summed E-state index contributed by atoms with van der Waals surface area (Å²) in [7, 11) is 0.821. The van der Waals surface area contributed by atoms with Crippen LogP contribution >= 0.6 is 11.8 Å². The van der Waals surface area contributed by atoms with E-state index in [2.05, 4.69) is 10.3 Å². The molecule has 1 aliphatic heterocycles. The third kappa shape index (κ3) is 6.41. The minimum Gasteiger partial charge on any atom is -0.495 e. The topological polar surface area (TPSA) is 108 Å². The van der Waals surface area contributed by atoms with Gasteiger partial charge in [0.1, 0.15) is 11.0 Å². The highest BCUT2D eigenvalue weighted by atomic mass is 32.2. The molecule has 9 nitrogen and oxygen atoms in total. The molecular weight excluding hydrogens is 488 g/mol. The maximum absolute atomic E-state index is 13.2. The zero-order valence-corrected chi connectivity index (χ0v) is 22.0. The fraction of sp³-hybridized carbons (Fsp3) is 0.375. The maximum Gasteiger partial charge on any atom is 0.242 e. The zero-order chi connectivity index (χ0) is 25.8. The van der Waals surface area contributed by atoms with E-state index in [1.165, 1.54) is 45.1 Å². The number of amidine groups is 1. The van der Waals surface area contributed by atoms with E-state index in [-0.39, 0.29) is 29.0 Å². The molecule has 1 unspecified atom stereocenters. The summed E-state index contributed by atoms with van der Waals surface area (Å²) in [5, 5.41) is 2.60. The summed E-state index contributed by atoms with van der Waals surface area (Å²) in [6.45, 7) is 4.41. The molecule has 35 heavy (non-hydrogen) atoms. The van der Waals surface area contributed by atoms with E-state index >= 15 is 0 Å². The van der Waals surface area contributed by atoms with Crippen molar-refractivity contribution in [1.29, 1.82) is 0 Å². The number of thioether (sulfide) groups is 1. The first-order valence-electron chi connectivity index (χ1n) is 11.0. The van der Waals surface area contributed by atoms with Crippen molar-refractivity contribution in [3.63, 3.8) is 0 Å². The number of para-hydroxylation sites is 2. The number of rotatable bonds is 9. The van der Waals surface area contributed by atoms with Crippen molar-refractivity contribution < 1.29 is 22.7 Å². The van der Waals surface area contributed by atoms with E-state index < -0.39 is 15.3 Å². The van der Waals surface area contributed by atoms with Crippen LogP contribution in [0, 0.1) is 5.92 Å². The van der Waals surface area contributed by atoms with Crippen LogP contribution in [0.2, 0.25) is 0 Å². The normalized spacial score (nSPS) is 17.5. The third-order valence-electron chi connectivity index (χ3n) is 5.14. The van der Waals surface area contributed by atoms with Crippen LogP contribution in [0.3, 0.4) is 0 Å². The highest BCUT2D eigenvalue weighted by molar-refractivity contribution is 8.15. The van der Waals surface area contributed by atoms with E-state index in [1.54, 1.807) is 41.3 Å².